The minimum atomic E-state index is -1.22. The van der Waals surface area contributed by atoms with Crippen molar-refractivity contribution < 1.29 is 19.1 Å². The number of rotatable bonds is 6. The van der Waals surface area contributed by atoms with Crippen molar-refractivity contribution >= 4 is 17.6 Å². The molecule has 0 aliphatic heterocycles. The number of nitrogens with two attached hydrogens (primary N) is 1. The van der Waals surface area contributed by atoms with E-state index in [1.807, 2.05) is 0 Å². The van der Waals surface area contributed by atoms with E-state index in [2.05, 4.69) is 5.32 Å². The number of halogens is 1. The molecule has 1 rings (SSSR count). The highest BCUT2D eigenvalue weighted by Crippen LogP contribution is 2.17. The summed E-state index contributed by atoms with van der Waals surface area (Å²) in [5.41, 5.74) is 5.13. The fourth-order valence-electron chi connectivity index (χ4n) is 1.45. The zero-order valence-corrected chi connectivity index (χ0v) is 9.78. The number of amides is 1. The normalized spacial score (nSPS) is 10.1. The Bertz CT molecular complexity index is 449. The standard InChI is InChI=1S/C12H15FN2O3/c13-8-4-5-9(12(17)18)10(7-8)15-11(16)3-1-2-6-14/h4-5,7H,1-3,6,14H2,(H,15,16)(H,17,18). The molecule has 0 heterocycles. The van der Waals surface area contributed by atoms with Gasteiger partial charge in [0.05, 0.1) is 11.3 Å². The summed E-state index contributed by atoms with van der Waals surface area (Å²) in [6, 6.07) is 3.14. The highest BCUT2D eigenvalue weighted by Gasteiger charge is 2.13. The molecule has 98 valence electrons. The Hall–Kier alpha value is -1.95. The number of carboxylic acid groups (broad SMARTS) is 1. The Morgan fingerprint density at radius 3 is 2.67 bits per heavy atom. The van der Waals surface area contributed by atoms with Crippen LogP contribution >= 0.6 is 0 Å². The van der Waals surface area contributed by atoms with E-state index in [4.69, 9.17) is 10.8 Å². The van der Waals surface area contributed by atoms with Crippen LogP contribution in [0, 0.1) is 5.82 Å². The molecule has 5 nitrogen and oxygen atoms in total. The highest BCUT2D eigenvalue weighted by atomic mass is 19.1. The second-order valence-electron chi connectivity index (χ2n) is 3.79. The number of anilines is 1. The first kappa shape index (κ1) is 14.1. The molecule has 0 unspecified atom stereocenters. The maximum absolute atomic E-state index is 13.0. The largest absolute Gasteiger partial charge is 0.478 e. The minimum Gasteiger partial charge on any atom is -0.478 e. The van der Waals surface area contributed by atoms with Gasteiger partial charge in [-0.1, -0.05) is 0 Å². The van der Waals surface area contributed by atoms with Crippen molar-refractivity contribution in [2.75, 3.05) is 11.9 Å². The molecule has 0 atom stereocenters. The van der Waals surface area contributed by atoms with E-state index in [-0.39, 0.29) is 23.6 Å². The van der Waals surface area contributed by atoms with E-state index >= 15 is 0 Å². The number of carbonyl (C=O) groups is 2. The molecule has 18 heavy (non-hydrogen) atoms. The summed E-state index contributed by atoms with van der Waals surface area (Å²) in [6.45, 7) is 0.494. The van der Waals surface area contributed by atoms with Crippen LogP contribution < -0.4 is 11.1 Å². The topological polar surface area (TPSA) is 92.4 Å². The number of unbranched alkanes of at least 4 members (excludes halogenated alkanes) is 1. The van der Waals surface area contributed by atoms with Crippen molar-refractivity contribution in [3.63, 3.8) is 0 Å². The first-order valence-corrected chi connectivity index (χ1v) is 5.57. The van der Waals surface area contributed by atoms with Crippen LogP contribution in [0.15, 0.2) is 18.2 Å². The number of nitrogens with one attached hydrogen (secondary N) is 1. The first-order chi connectivity index (χ1) is 8.54. The summed E-state index contributed by atoms with van der Waals surface area (Å²) in [7, 11) is 0. The number of aromatic carboxylic acids is 1. The van der Waals surface area contributed by atoms with E-state index in [0.717, 1.165) is 18.2 Å². The zero-order valence-electron chi connectivity index (χ0n) is 9.78. The molecule has 0 fully saturated rings. The van der Waals surface area contributed by atoms with Crippen molar-refractivity contribution in [1.29, 1.82) is 0 Å². The van der Waals surface area contributed by atoms with E-state index in [9.17, 15) is 14.0 Å². The smallest absolute Gasteiger partial charge is 0.337 e. The second kappa shape index (κ2) is 6.70. The molecule has 0 aliphatic carbocycles. The van der Waals surface area contributed by atoms with Gasteiger partial charge < -0.3 is 16.2 Å². The van der Waals surface area contributed by atoms with Gasteiger partial charge in [-0.05, 0) is 37.6 Å². The Kier molecular flexibility index (Phi) is 5.26. The zero-order chi connectivity index (χ0) is 13.5. The number of benzene rings is 1. The molecule has 0 aliphatic rings. The van der Waals surface area contributed by atoms with Crippen LogP contribution in [0.4, 0.5) is 10.1 Å². The van der Waals surface area contributed by atoms with E-state index in [1.165, 1.54) is 0 Å². The number of carbonyl (C=O) groups excluding carboxylic acids is 1. The molecule has 0 aromatic heterocycles. The maximum Gasteiger partial charge on any atom is 0.337 e. The summed E-state index contributed by atoms with van der Waals surface area (Å²) in [5.74, 6) is -2.17. The lowest BCUT2D eigenvalue weighted by Gasteiger charge is -2.08. The van der Waals surface area contributed by atoms with E-state index < -0.39 is 11.8 Å². The lowest BCUT2D eigenvalue weighted by atomic mass is 10.1. The molecule has 1 aromatic rings. The van der Waals surface area contributed by atoms with Gasteiger partial charge in [0.15, 0.2) is 0 Å². The third-order valence-electron chi connectivity index (χ3n) is 2.34. The molecule has 0 spiro atoms. The van der Waals surface area contributed by atoms with Gasteiger partial charge in [-0.15, -0.1) is 0 Å². The average molecular weight is 254 g/mol. The third-order valence-corrected chi connectivity index (χ3v) is 2.34. The molecule has 4 N–H and O–H groups in total. The first-order valence-electron chi connectivity index (χ1n) is 5.57. The molecule has 0 saturated heterocycles. The molecule has 6 heteroatoms. The molecule has 1 amide bonds. The van der Waals surface area contributed by atoms with E-state index in [1.54, 1.807) is 0 Å². The van der Waals surface area contributed by atoms with Crippen LogP contribution in [0.25, 0.3) is 0 Å². The Morgan fingerprint density at radius 1 is 1.33 bits per heavy atom. The van der Waals surface area contributed by atoms with Gasteiger partial charge in [-0.2, -0.15) is 0 Å². The van der Waals surface area contributed by atoms with Crippen LogP contribution in [0.2, 0.25) is 0 Å². The van der Waals surface area contributed by atoms with Crippen molar-refractivity contribution in [2.24, 2.45) is 5.73 Å². The van der Waals surface area contributed by atoms with Gasteiger partial charge in [0.1, 0.15) is 5.82 Å². The summed E-state index contributed by atoms with van der Waals surface area (Å²) in [4.78, 5) is 22.4. The molecular weight excluding hydrogens is 239 g/mol. The Morgan fingerprint density at radius 2 is 2.06 bits per heavy atom. The van der Waals surface area contributed by atoms with Gasteiger partial charge in [-0.3, -0.25) is 4.79 Å². The summed E-state index contributed by atoms with van der Waals surface area (Å²) in [5, 5.41) is 11.3. The molecular formula is C12H15FN2O3. The predicted octanol–water partition coefficient (Wildman–Crippen LogP) is 1.59. The molecule has 1 aromatic carbocycles. The minimum absolute atomic E-state index is 0.0275. The van der Waals surface area contributed by atoms with Gasteiger partial charge in [0.2, 0.25) is 5.91 Å². The summed E-state index contributed by atoms with van der Waals surface area (Å²) in [6.07, 6.45) is 1.55. The highest BCUT2D eigenvalue weighted by molar-refractivity contribution is 6.00. The Labute approximate surface area is 104 Å². The summed E-state index contributed by atoms with van der Waals surface area (Å²) < 4.78 is 13.0. The van der Waals surface area contributed by atoms with Crippen LogP contribution in [0.3, 0.4) is 0 Å². The van der Waals surface area contributed by atoms with Crippen molar-refractivity contribution in [1.82, 2.24) is 0 Å². The second-order valence-corrected chi connectivity index (χ2v) is 3.79. The summed E-state index contributed by atoms with van der Waals surface area (Å²) >= 11 is 0. The van der Waals surface area contributed by atoms with Crippen LogP contribution in [-0.4, -0.2) is 23.5 Å². The third kappa shape index (κ3) is 4.14. The number of hydrogen-bond acceptors (Lipinski definition) is 3. The van der Waals surface area contributed by atoms with Gasteiger partial charge >= 0.3 is 5.97 Å². The quantitative estimate of drug-likeness (QED) is 0.672. The predicted molar refractivity (Wildman–Crippen MR) is 64.9 cm³/mol. The SMILES string of the molecule is NCCCCC(=O)Nc1cc(F)ccc1C(=O)O. The molecule has 0 radical (unpaired) electrons. The monoisotopic (exact) mass is 254 g/mol. The average Bonchev–Trinajstić information content (AvgIpc) is 2.29. The molecule has 0 saturated carbocycles. The fourth-order valence-corrected chi connectivity index (χ4v) is 1.45. The Balaban J connectivity index is 2.73. The molecule has 0 bridgehead atoms. The fraction of sp³-hybridized carbons (Fsp3) is 0.333. The van der Waals surface area contributed by atoms with Crippen LogP contribution in [0.1, 0.15) is 29.6 Å². The van der Waals surface area contributed by atoms with Crippen molar-refractivity contribution in [3.8, 4) is 0 Å². The van der Waals surface area contributed by atoms with Gasteiger partial charge in [0.25, 0.3) is 0 Å². The van der Waals surface area contributed by atoms with Crippen LogP contribution in [0.5, 0.6) is 0 Å². The number of hydrogen-bond donors (Lipinski definition) is 3. The lowest BCUT2D eigenvalue weighted by molar-refractivity contribution is -0.116. The lowest BCUT2D eigenvalue weighted by Crippen LogP contribution is -2.15. The van der Waals surface area contributed by atoms with Gasteiger partial charge in [-0.25, -0.2) is 9.18 Å². The van der Waals surface area contributed by atoms with Crippen molar-refractivity contribution in [2.45, 2.75) is 19.3 Å². The van der Waals surface area contributed by atoms with E-state index in [0.29, 0.717) is 19.4 Å². The maximum atomic E-state index is 13.0. The number of carboxylic acids is 1. The van der Waals surface area contributed by atoms with Crippen LogP contribution in [-0.2, 0) is 4.79 Å². The van der Waals surface area contributed by atoms with Crippen molar-refractivity contribution in [3.05, 3.63) is 29.6 Å². The van der Waals surface area contributed by atoms with Gasteiger partial charge in [0, 0.05) is 6.42 Å².